The van der Waals surface area contributed by atoms with Gasteiger partial charge in [0.2, 0.25) is 5.91 Å². The van der Waals surface area contributed by atoms with E-state index < -0.39 is 18.5 Å². The second kappa shape index (κ2) is 7.33. The number of aryl methyl sites for hydroxylation is 2. The van der Waals surface area contributed by atoms with Crippen molar-refractivity contribution in [3.63, 3.8) is 0 Å². The van der Waals surface area contributed by atoms with Gasteiger partial charge >= 0.3 is 5.97 Å². The van der Waals surface area contributed by atoms with Gasteiger partial charge in [-0.2, -0.15) is 0 Å². The Labute approximate surface area is 172 Å². The third-order valence-electron chi connectivity index (χ3n) is 5.63. The lowest BCUT2D eigenvalue weighted by molar-refractivity contribution is -0.147. The molecule has 1 aliphatic carbocycles. The third kappa shape index (κ3) is 3.32. The number of hydrogen-bond donors (Lipinski definition) is 1. The van der Waals surface area contributed by atoms with Gasteiger partial charge in [-0.05, 0) is 54.7 Å². The molecular formula is C23H20N2O5. The Morgan fingerprint density at radius 1 is 1.13 bits per heavy atom. The second-order valence-corrected chi connectivity index (χ2v) is 7.61. The van der Waals surface area contributed by atoms with E-state index in [0.717, 1.165) is 35.8 Å². The number of esters is 1. The van der Waals surface area contributed by atoms with Crippen LogP contribution in [-0.4, -0.2) is 30.9 Å². The van der Waals surface area contributed by atoms with Crippen molar-refractivity contribution in [3.05, 3.63) is 59.4 Å². The highest BCUT2D eigenvalue weighted by atomic mass is 16.5. The topological polar surface area (TPSA) is 88.8 Å². The zero-order valence-corrected chi connectivity index (χ0v) is 16.3. The molecule has 3 aromatic rings. The average Bonchev–Trinajstić information content (AvgIpc) is 3.36. The van der Waals surface area contributed by atoms with Crippen molar-refractivity contribution in [1.29, 1.82) is 0 Å². The highest BCUT2D eigenvalue weighted by molar-refractivity contribution is 6.10. The number of anilines is 2. The molecule has 0 fully saturated rings. The van der Waals surface area contributed by atoms with Crippen LogP contribution in [0, 0.1) is 0 Å². The summed E-state index contributed by atoms with van der Waals surface area (Å²) in [5.74, 6) is -1.24. The number of fused-ring (bicyclic) bond motifs is 3. The van der Waals surface area contributed by atoms with Gasteiger partial charge in [-0.3, -0.25) is 19.3 Å². The number of carbonyl (C=O) groups is 3. The standard InChI is InChI=1S/C23H20N2O5/c26-21-11-25(19-7-2-1-6-18(19)24-21)22(27)13-30-23(28)10-16-12-29-20-9-15-5-3-4-14(15)8-17(16)20/h1-2,6-9,12H,3-5,10-11,13H2,(H,24,26). The lowest BCUT2D eigenvalue weighted by Gasteiger charge is -2.28. The monoisotopic (exact) mass is 404 g/mol. The molecule has 0 bridgehead atoms. The number of rotatable bonds is 4. The fourth-order valence-corrected chi connectivity index (χ4v) is 4.17. The molecule has 7 heteroatoms. The van der Waals surface area contributed by atoms with Crippen LogP contribution in [0.2, 0.25) is 0 Å². The maximum atomic E-state index is 12.6. The van der Waals surface area contributed by atoms with Crippen LogP contribution < -0.4 is 10.2 Å². The highest BCUT2D eigenvalue weighted by Crippen LogP contribution is 2.31. The van der Waals surface area contributed by atoms with E-state index in [2.05, 4.69) is 17.4 Å². The van der Waals surface area contributed by atoms with Crippen LogP contribution in [-0.2, 0) is 38.4 Å². The van der Waals surface area contributed by atoms with Crippen LogP contribution in [0.4, 0.5) is 11.4 Å². The van der Waals surface area contributed by atoms with Crippen molar-refractivity contribution >= 4 is 40.1 Å². The van der Waals surface area contributed by atoms with Gasteiger partial charge in [0, 0.05) is 10.9 Å². The molecule has 2 aromatic carbocycles. The molecule has 0 saturated heterocycles. The molecule has 2 heterocycles. The van der Waals surface area contributed by atoms with E-state index in [1.54, 1.807) is 30.5 Å². The van der Waals surface area contributed by atoms with Crippen molar-refractivity contribution in [2.24, 2.45) is 0 Å². The smallest absolute Gasteiger partial charge is 0.310 e. The quantitative estimate of drug-likeness (QED) is 0.676. The van der Waals surface area contributed by atoms with Crippen molar-refractivity contribution in [3.8, 4) is 0 Å². The van der Waals surface area contributed by atoms with E-state index in [1.165, 1.54) is 16.0 Å². The van der Waals surface area contributed by atoms with Crippen molar-refractivity contribution in [2.45, 2.75) is 25.7 Å². The Kier molecular flexibility index (Phi) is 4.50. The zero-order valence-electron chi connectivity index (χ0n) is 16.3. The summed E-state index contributed by atoms with van der Waals surface area (Å²) in [6, 6.07) is 11.2. The van der Waals surface area contributed by atoms with Crippen LogP contribution in [0.1, 0.15) is 23.1 Å². The molecule has 7 nitrogen and oxygen atoms in total. The Morgan fingerprint density at radius 2 is 1.93 bits per heavy atom. The third-order valence-corrected chi connectivity index (χ3v) is 5.63. The Bertz CT molecular complexity index is 1180. The first-order chi connectivity index (χ1) is 14.6. The van der Waals surface area contributed by atoms with Crippen molar-refractivity contribution in [2.75, 3.05) is 23.4 Å². The molecule has 0 radical (unpaired) electrons. The predicted molar refractivity (Wildman–Crippen MR) is 110 cm³/mol. The van der Waals surface area contributed by atoms with E-state index in [0.29, 0.717) is 11.4 Å². The molecule has 0 unspecified atom stereocenters. The second-order valence-electron chi connectivity index (χ2n) is 7.61. The lowest BCUT2D eigenvalue weighted by Crippen LogP contribution is -2.44. The van der Waals surface area contributed by atoms with E-state index in [4.69, 9.17) is 9.15 Å². The SMILES string of the molecule is O=C1CN(C(=O)COC(=O)Cc2coc3cc4c(cc23)CCC4)c2ccccc2N1. The fraction of sp³-hybridized carbons (Fsp3) is 0.261. The summed E-state index contributed by atoms with van der Waals surface area (Å²) < 4.78 is 10.8. The summed E-state index contributed by atoms with van der Waals surface area (Å²) in [6.45, 7) is -0.531. The van der Waals surface area contributed by atoms with Gasteiger partial charge in [0.1, 0.15) is 12.1 Å². The largest absolute Gasteiger partial charge is 0.464 e. The number of nitrogens with zero attached hydrogens (tertiary/aromatic N) is 1. The number of furan rings is 1. The number of carbonyl (C=O) groups excluding carboxylic acids is 3. The minimum atomic E-state index is -0.513. The first kappa shape index (κ1) is 18.4. The van der Waals surface area contributed by atoms with Crippen LogP contribution in [0.3, 0.4) is 0 Å². The maximum Gasteiger partial charge on any atom is 0.310 e. The van der Waals surface area contributed by atoms with Gasteiger partial charge in [0.15, 0.2) is 6.61 Å². The van der Waals surface area contributed by atoms with Gasteiger partial charge < -0.3 is 14.5 Å². The highest BCUT2D eigenvalue weighted by Gasteiger charge is 2.27. The van der Waals surface area contributed by atoms with Crippen LogP contribution in [0.25, 0.3) is 11.0 Å². The van der Waals surface area contributed by atoms with Crippen LogP contribution >= 0.6 is 0 Å². The molecule has 1 aliphatic heterocycles. The summed E-state index contributed by atoms with van der Waals surface area (Å²) in [5, 5.41) is 3.64. The molecule has 1 aromatic heterocycles. The van der Waals surface area contributed by atoms with E-state index in [9.17, 15) is 14.4 Å². The average molecular weight is 404 g/mol. The van der Waals surface area contributed by atoms with Gasteiger partial charge in [-0.1, -0.05) is 12.1 Å². The van der Waals surface area contributed by atoms with E-state index in [1.807, 2.05) is 0 Å². The van der Waals surface area contributed by atoms with Crippen molar-refractivity contribution in [1.82, 2.24) is 0 Å². The number of hydrogen-bond acceptors (Lipinski definition) is 5. The molecule has 0 saturated carbocycles. The minimum Gasteiger partial charge on any atom is -0.464 e. The van der Waals surface area contributed by atoms with Gasteiger partial charge in [0.25, 0.3) is 5.91 Å². The molecule has 152 valence electrons. The Balaban J connectivity index is 1.25. The molecule has 30 heavy (non-hydrogen) atoms. The number of nitrogens with one attached hydrogen (secondary N) is 1. The molecule has 2 aliphatic rings. The summed E-state index contributed by atoms with van der Waals surface area (Å²) in [4.78, 5) is 38.2. The molecule has 0 atom stereocenters. The molecule has 0 spiro atoms. The summed E-state index contributed by atoms with van der Waals surface area (Å²) in [6.07, 6.45) is 4.84. The normalized spacial score (nSPS) is 14.9. The van der Waals surface area contributed by atoms with Crippen LogP contribution in [0.5, 0.6) is 0 Å². The molecule has 1 N–H and O–H groups in total. The number of ether oxygens (including phenoxy) is 1. The number of benzene rings is 2. The van der Waals surface area contributed by atoms with Crippen molar-refractivity contribution < 1.29 is 23.5 Å². The predicted octanol–water partition coefficient (Wildman–Crippen LogP) is 2.99. The molecule has 5 rings (SSSR count). The van der Waals surface area contributed by atoms with Gasteiger partial charge in [-0.25, -0.2) is 0 Å². The summed E-state index contributed by atoms with van der Waals surface area (Å²) >= 11 is 0. The lowest BCUT2D eigenvalue weighted by atomic mass is 10.0. The molecular weight excluding hydrogens is 384 g/mol. The Hall–Kier alpha value is -3.61. The minimum absolute atomic E-state index is 0.0239. The Morgan fingerprint density at radius 3 is 2.80 bits per heavy atom. The fourth-order valence-electron chi connectivity index (χ4n) is 4.17. The molecule has 2 amide bonds. The summed E-state index contributed by atoms with van der Waals surface area (Å²) in [5.41, 5.74) is 5.28. The van der Waals surface area contributed by atoms with E-state index in [-0.39, 0.29) is 18.9 Å². The van der Waals surface area contributed by atoms with Gasteiger partial charge in [0.05, 0.1) is 24.1 Å². The zero-order chi connectivity index (χ0) is 20.7. The number of para-hydroxylation sites is 2. The summed E-state index contributed by atoms with van der Waals surface area (Å²) in [7, 11) is 0. The van der Waals surface area contributed by atoms with E-state index >= 15 is 0 Å². The van der Waals surface area contributed by atoms with Gasteiger partial charge in [-0.15, -0.1) is 0 Å². The first-order valence-corrected chi connectivity index (χ1v) is 9.95. The maximum absolute atomic E-state index is 12.6. The first-order valence-electron chi connectivity index (χ1n) is 9.95. The number of amides is 2. The van der Waals surface area contributed by atoms with Crippen LogP contribution in [0.15, 0.2) is 47.1 Å².